The lowest BCUT2D eigenvalue weighted by molar-refractivity contribution is 0.634. The van der Waals surface area contributed by atoms with Crippen LogP contribution in [-0.4, -0.2) is 4.55 Å². The summed E-state index contributed by atoms with van der Waals surface area (Å²) in [5, 5.41) is 10.3. The molecule has 0 aromatic heterocycles. The number of rotatable bonds is 1. The fraction of sp³-hybridized carbons (Fsp3) is 0.500. The minimum Gasteiger partial charge on any atom is -0.322 e. The number of nitrogens with two attached hydrogens (primary N) is 2. The van der Waals surface area contributed by atoms with Gasteiger partial charge in [0.2, 0.25) is 0 Å². The number of hydrogen-bond acceptors (Lipinski definition) is 3. The van der Waals surface area contributed by atoms with Crippen molar-refractivity contribution in [2.45, 2.75) is 13.8 Å². The van der Waals surface area contributed by atoms with E-state index in [0.29, 0.717) is 4.91 Å². The van der Waals surface area contributed by atoms with Gasteiger partial charge in [0.05, 0.1) is 0 Å². The maximum absolute atomic E-state index is 8.86. The standard InChI is InChI=1S/C4H12N2OS/c1-3-4(2)8(5,6)7/h3,7H,5-6H2,1-2H3/b4-3+. The molecule has 4 heteroatoms. The van der Waals surface area contributed by atoms with Crippen LogP contribution in [0.15, 0.2) is 11.0 Å². The lowest BCUT2D eigenvalue weighted by atomic mass is 10.6. The first kappa shape index (κ1) is 7.97. The molecule has 0 radical (unpaired) electrons. The third-order valence-electron chi connectivity index (χ3n) is 0.922. The SMILES string of the molecule is C/C=C(\C)S(N)(N)O. The number of allylic oxidation sites excluding steroid dienone is 2. The second kappa shape index (κ2) is 2.50. The Kier molecular flexibility index (Phi) is 2.49. The van der Waals surface area contributed by atoms with E-state index in [-0.39, 0.29) is 0 Å². The summed E-state index contributed by atoms with van der Waals surface area (Å²) in [6.45, 7) is 3.49. The molecular weight excluding hydrogens is 124 g/mol. The van der Waals surface area contributed by atoms with Gasteiger partial charge in [0.15, 0.2) is 0 Å². The number of hydrogen-bond donors (Lipinski definition) is 3. The van der Waals surface area contributed by atoms with Crippen molar-refractivity contribution >= 4 is 10.7 Å². The Bertz CT molecular complexity index is 105. The second-order valence-corrected chi connectivity index (χ2v) is 3.56. The van der Waals surface area contributed by atoms with Gasteiger partial charge in [-0.15, -0.1) is 0 Å². The van der Waals surface area contributed by atoms with Crippen molar-refractivity contribution < 1.29 is 4.55 Å². The molecule has 0 aromatic rings. The molecule has 5 N–H and O–H groups in total. The highest BCUT2D eigenvalue weighted by Gasteiger charge is 2.06. The maximum Gasteiger partial charge on any atom is 0.00987 e. The highest BCUT2D eigenvalue weighted by atomic mass is 32.3. The Morgan fingerprint density at radius 1 is 1.62 bits per heavy atom. The van der Waals surface area contributed by atoms with Crippen LogP contribution in [0.4, 0.5) is 0 Å². The third-order valence-corrected chi connectivity index (χ3v) is 2.19. The second-order valence-electron chi connectivity index (χ2n) is 1.57. The molecule has 0 saturated carbocycles. The average Bonchev–Trinajstić information content (AvgIpc) is 1.62. The normalized spacial score (nSPS) is 16.4. The summed E-state index contributed by atoms with van der Waals surface area (Å²) in [5.41, 5.74) is 0. The molecule has 0 aliphatic rings. The molecule has 0 rings (SSSR count). The van der Waals surface area contributed by atoms with Crippen LogP contribution >= 0.6 is 10.7 Å². The minimum absolute atomic E-state index is 0.650. The molecule has 0 spiro atoms. The van der Waals surface area contributed by atoms with E-state index in [2.05, 4.69) is 0 Å². The molecule has 0 heterocycles. The molecule has 8 heavy (non-hydrogen) atoms. The molecule has 0 aliphatic heterocycles. The Morgan fingerprint density at radius 2 is 2.00 bits per heavy atom. The highest BCUT2D eigenvalue weighted by Crippen LogP contribution is 2.33. The summed E-state index contributed by atoms with van der Waals surface area (Å²) < 4.78 is 8.86. The molecule has 0 saturated heterocycles. The van der Waals surface area contributed by atoms with Gasteiger partial charge in [-0.3, -0.25) is 10.3 Å². The van der Waals surface area contributed by atoms with E-state index in [9.17, 15) is 0 Å². The van der Waals surface area contributed by atoms with Crippen LogP contribution in [0.25, 0.3) is 0 Å². The van der Waals surface area contributed by atoms with Crippen molar-refractivity contribution in [1.82, 2.24) is 0 Å². The Balaban J connectivity index is 4.03. The minimum atomic E-state index is -2.39. The molecule has 3 nitrogen and oxygen atoms in total. The van der Waals surface area contributed by atoms with Crippen LogP contribution in [0.1, 0.15) is 13.8 Å². The first-order chi connectivity index (χ1) is 3.48. The van der Waals surface area contributed by atoms with Crippen molar-refractivity contribution in [2.24, 2.45) is 10.3 Å². The van der Waals surface area contributed by atoms with Crippen LogP contribution in [0.2, 0.25) is 0 Å². The van der Waals surface area contributed by atoms with E-state index in [1.54, 1.807) is 19.9 Å². The molecule has 0 atom stereocenters. The fourth-order valence-corrected chi connectivity index (χ4v) is 0.566. The summed E-state index contributed by atoms with van der Waals surface area (Å²) in [7, 11) is -2.39. The lowest BCUT2D eigenvalue weighted by Crippen LogP contribution is -2.19. The molecule has 50 valence electrons. The smallest absolute Gasteiger partial charge is 0.00987 e. The van der Waals surface area contributed by atoms with E-state index < -0.39 is 10.7 Å². The zero-order valence-corrected chi connectivity index (χ0v) is 5.90. The summed E-state index contributed by atoms with van der Waals surface area (Å²) in [6.07, 6.45) is 1.70. The summed E-state index contributed by atoms with van der Waals surface area (Å²) in [6, 6.07) is 0. The first-order valence-electron chi connectivity index (χ1n) is 2.22. The molecule has 0 bridgehead atoms. The van der Waals surface area contributed by atoms with Gasteiger partial charge in [-0.05, 0) is 24.5 Å². The van der Waals surface area contributed by atoms with Crippen LogP contribution in [0, 0.1) is 0 Å². The molecule has 0 aliphatic carbocycles. The Hall–Kier alpha value is -0.0300. The summed E-state index contributed by atoms with van der Waals surface area (Å²) in [4.78, 5) is 0.650. The van der Waals surface area contributed by atoms with Crippen molar-refractivity contribution in [3.05, 3.63) is 11.0 Å². The van der Waals surface area contributed by atoms with Crippen molar-refractivity contribution in [3.8, 4) is 0 Å². The van der Waals surface area contributed by atoms with Gasteiger partial charge in [0.25, 0.3) is 0 Å². The molecule has 0 amide bonds. The van der Waals surface area contributed by atoms with Gasteiger partial charge in [0, 0.05) is 4.91 Å². The molecule has 0 unspecified atom stereocenters. The summed E-state index contributed by atoms with van der Waals surface area (Å²) in [5.74, 6) is 0. The van der Waals surface area contributed by atoms with Gasteiger partial charge in [-0.2, -0.15) is 0 Å². The molecule has 0 fully saturated rings. The lowest BCUT2D eigenvalue weighted by Gasteiger charge is -2.22. The quantitative estimate of drug-likeness (QED) is 0.502. The molecular formula is C4H12N2OS. The highest BCUT2D eigenvalue weighted by molar-refractivity contribution is 8.28. The van der Waals surface area contributed by atoms with Crippen molar-refractivity contribution in [3.63, 3.8) is 0 Å². The van der Waals surface area contributed by atoms with Gasteiger partial charge in [-0.25, -0.2) is 0 Å². The van der Waals surface area contributed by atoms with Crippen molar-refractivity contribution in [1.29, 1.82) is 0 Å². The van der Waals surface area contributed by atoms with Crippen LogP contribution in [0.3, 0.4) is 0 Å². The predicted octanol–water partition coefficient (Wildman–Crippen LogP) is 0.935. The third kappa shape index (κ3) is 2.32. The van der Waals surface area contributed by atoms with Crippen molar-refractivity contribution in [2.75, 3.05) is 0 Å². The largest absolute Gasteiger partial charge is 0.322 e. The maximum atomic E-state index is 8.86. The van der Waals surface area contributed by atoms with Gasteiger partial charge >= 0.3 is 0 Å². The Morgan fingerprint density at radius 3 is 2.00 bits per heavy atom. The van der Waals surface area contributed by atoms with E-state index in [0.717, 1.165) is 0 Å². The monoisotopic (exact) mass is 136 g/mol. The summed E-state index contributed by atoms with van der Waals surface area (Å²) >= 11 is 0. The van der Waals surface area contributed by atoms with Crippen LogP contribution < -0.4 is 10.3 Å². The molecule has 0 aromatic carbocycles. The fourth-order valence-electron chi connectivity index (χ4n) is 0.189. The van der Waals surface area contributed by atoms with Gasteiger partial charge in [0.1, 0.15) is 0 Å². The zero-order chi connectivity index (χ0) is 6.78. The zero-order valence-electron chi connectivity index (χ0n) is 5.09. The van der Waals surface area contributed by atoms with E-state index in [4.69, 9.17) is 14.8 Å². The first-order valence-corrected chi connectivity index (χ1v) is 3.94. The average molecular weight is 136 g/mol. The van der Waals surface area contributed by atoms with Gasteiger partial charge < -0.3 is 4.55 Å². The Labute approximate surface area is 51.2 Å². The van der Waals surface area contributed by atoms with Gasteiger partial charge in [-0.1, -0.05) is 6.08 Å². The van der Waals surface area contributed by atoms with E-state index in [1.165, 1.54) is 0 Å². The van der Waals surface area contributed by atoms with Crippen LogP contribution in [-0.2, 0) is 0 Å². The van der Waals surface area contributed by atoms with E-state index >= 15 is 0 Å². The van der Waals surface area contributed by atoms with Crippen LogP contribution in [0.5, 0.6) is 0 Å². The van der Waals surface area contributed by atoms with E-state index in [1.807, 2.05) is 0 Å². The predicted molar refractivity (Wildman–Crippen MR) is 38.0 cm³/mol. The topological polar surface area (TPSA) is 72.3 Å².